The molecule has 0 aliphatic carbocycles. The first-order valence-electron chi connectivity index (χ1n) is 8.14. The summed E-state index contributed by atoms with van der Waals surface area (Å²) < 4.78 is 12.9. The summed E-state index contributed by atoms with van der Waals surface area (Å²) in [5, 5.41) is 4.18. The summed E-state index contributed by atoms with van der Waals surface area (Å²) in [5.41, 5.74) is 0. The molecule has 7 nitrogen and oxygen atoms in total. The second-order valence-electron chi connectivity index (χ2n) is 5.97. The Morgan fingerprint density at radius 1 is 1.36 bits per heavy atom. The summed E-state index contributed by atoms with van der Waals surface area (Å²) in [5.74, 6) is 0.164. The van der Waals surface area contributed by atoms with Crippen LogP contribution < -0.4 is 0 Å². The molecular weight excluding hydrogens is 284 g/mol. The molecule has 122 valence electrons. The van der Waals surface area contributed by atoms with Crippen LogP contribution in [0.25, 0.3) is 0 Å². The van der Waals surface area contributed by atoms with E-state index in [9.17, 15) is 4.79 Å². The highest BCUT2D eigenvalue weighted by Gasteiger charge is 2.25. The standard InChI is InChI=1S/C15H24N4O3/c20-15(5-8-21-10-14-4-2-7-22-14)18-6-1-3-13(9-18)19-12-16-11-17-19/h11-14H,1-10H2/t13-,14+/m1/s1. The number of hydrogen-bond acceptors (Lipinski definition) is 5. The van der Waals surface area contributed by atoms with Crippen molar-refractivity contribution in [3.8, 4) is 0 Å². The lowest BCUT2D eigenvalue weighted by atomic mass is 10.1. The average molecular weight is 308 g/mol. The number of likely N-dealkylation sites (tertiary alicyclic amines) is 1. The zero-order valence-corrected chi connectivity index (χ0v) is 12.9. The van der Waals surface area contributed by atoms with Gasteiger partial charge >= 0.3 is 0 Å². The van der Waals surface area contributed by atoms with E-state index < -0.39 is 0 Å². The Hall–Kier alpha value is -1.47. The van der Waals surface area contributed by atoms with Gasteiger partial charge in [-0.15, -0.1) is 0 Å². The molecule has 3 heterocycles. The third kappa shape index (κ3) is 4.04. The number of rotatable bonds is 6. The number of piperidine rings is 1. The van der Waals surface area contributed by atoms with Crippen molar-refractivity contribution < 1.29 is 14.3 Å². The number of nitrogens with zero attached hydrogens (tertiary/aromatic N) is 4. The van der Waals surface area contributed by atoms with E-state index in [2.05, 4.69) is 10.1 Å². The zero-order valence-electron chi connectivity index (χ0n) is 12.9. The van der Waals surface area contributed by atoms with Gasteiger partial charge in [0.2, 0.25) is 5.91 Å². The largest absolute Gasteiger partial charge is 0.378 e. The van der Waals surface area contributed by atoms with E-state index >= 15 is 0 Å². The molecule has 3 rings (SSSR count). The molecule has 0 saturated carbocycles. The van der Waals surface area contributed by atoms with Gasteiger partial charge in [-0.3, -0.25) is 4.79 Å². The second-order valence-corrected chi connectivity index (χ2v) is 5.97. The first-order chi connectivity index (χ1) is 10.8. The van der Waals surface area contributed by atoms with E-state index in [1.807, 2.05) is 9.58 Å². The molecule has 1 aromatic heterocycles. The van der Waals surface area contributed by atoms with E-state index in [4.69, 9.17) is 9.47 Å². The Morgan fingerprint density at radius 3 is 3.09 bits per heavy atom. The Bertz CT molecular complexity index is 459. The number of hydrogen-bond donors (Lipinski definition) is 0. The molecular formula is C15H24N4O3. The molecule has 2 fully saturated rings. The molecule has 2 aliphatic heterocycles. The molecule has 2 atom stereocenters. The lowest BCUT2D eigenvalue weighted by Gasteiger charge is -2.32. The molecule has 0 N–H and O–H groups in total. The van der Waals surface area contributed by atoms with Gasteiger partial charge in [0.25, 0.3) is 0 Å². The molecule has 0 spiro atoms. The lowest BCUT2D eigenvalue weighted by molar-refractivity contribution is -0.134. The lowest BCUT2D eigenvalue weighted by Crippen LogP contribution is -2.41. The zero-order chi connectivity index (χ0) is 15.2. The predicted molar refractivity (Wildman–Crippen MR) is 79.3 cm³/mol. The van der Waals surface area contributed by atoms with Gasteiger partial charge in [0.1, 0.15) is 12.7 Å². The van der Waals surface area contributed by atoms with Crippen molar-refractivity contribution in [2.45, 2.75) is 44.2 Å². The highest BCUT2D eigenvalue weighted by atomic mass is 16.5. The number of carbonyl (C=O) groups excluding carboxylic acids is 1. The highest BCUT2D eigenvalue weighted by Crippen LogP contribution is 2.20. The van der Waals surface area contributed by atoms with E-state index in [1.165, 1.54) is 0 Å². The fraction of sp³-hybridized carbons (Fsp3) is 0.800. The SMILES string of the molecule is O=C(CCOC[C@@H]1CCCO1)N1CCC[C@@H](n2cncn2)C1. The van der Waals surface area contributed by atoms with E-state index in [0.717, 1.165) is 38.8 Å². The van der Waals surface area contributed by atoms with Gasteiger partial charge in [0.15, 0.2) is 0 Å². The normalized spacial score (nSPS) is 25.5. The van der Waals surface area contributed by atoms with Gasteiger partial charge in [0, 0.05) is 19.7 Å². The first kappa shape index (κ1) is 15.4. The minimum absolute atomic E-state index is 0.164. The molecule has 0 bridgehead atoms. The number of carbonyl (C=O) groups is 1. The van der Waals surface area contributed by atoms with Crippen LogP contribution in [0.3, 0.4) is 0 Å². The Balaban J connectivity index is 1.37. The first-order valence-corrected chi connectivity index (χ1v) is 8.14. The molecule has 0 unspecified atom stereocenters. The van der Waals surface area contributed by atoms with Gasteiger partial charge in [0.05, 0.1) is 31.8 Å². The maximum atomic E-state index is 12.3. The fourth-order valence-corrected chi connectivity index (χ4v) is 3.11. The van der Waals surface area contributed by atoms with Gasteiger partial charge in [-0.2, -0.15) is 5.10 Å². The molecule has 1 aromatic rings. The van der Waals surface area contributed by atoms with E-state index in [0.29, 0.717) is 26.2 Å². The number of amides is 1. The molecule has 1 amide bonds. The van der Waals surface area contributed by atoms with Crippen LogP contribution in [0, 0.1) is 0 Å². The van der Waals surface area contributed by atoms with Crippen molar-refractivity contribution in [3.05, 3.63) is 12.7 Å². The van der Waals surface area contributed by atoms with E-state index in [-0.39, 0.29) is 18.1 Å². The smallest absolute Gasteiger partial charge is 0.224 e. The summed E-state index contributed by atoms with van der Waals surface area (Å²) in [6.07, 6.45) is 8.17. The van der Waals surface area contributed by atoms with Crippen molar-refractivity contribution >= 4 is 5.91 Å². The van der Waals surface area contributed by atoms with Crippen molar-refractivity contribution in [2.75, 3.05) is 32.9 Å². The monoisotopic (exact) mass is 308 g/mol. The minimum atomic E-state index is 0.164. The second kappa shape index (κ2) is 7.69. The van der Waals surface area contributed by atoms with Crippen LogP contribution >= 0.6 is 0 Å². The van der Waals surface area contributed by atoms with Crippen LogP contribution in [-0.4, -0.2) is 64.6 Å². The molecule has 0 aromatic carbocycles. The molecule has 7 heteroatoms. The maximum absolute atomic E-state index is 12.3. The third-order valence-corrected chi connectivity index (χ3v) is 4.35. The van der Waals surface area contributed by atoms with Gasteiger partial charge < -0.3 is 14.4 Å². The summed E-state index contributed by atoms with van der Waals surface area (Å²) in [6, 6.07) is 0.244. The van der Waals surface area contributed by atoms with Crippen molar-refractivity contribution in [3.63, 3.8) is 0 Å². The summed E-state index contributed by atoms with van der Waals surface area (Å²) in [6.45, 7) is 3.46. The van der Waals surface area contributed by atoms with Gasteiger partial charge in [-0.1, -0.05) is 0 Å². The van der Waals surface area contributed by atoms with Crippen molar-refractivity contribution in [2.24, 2.45) is 0 Å². The summed E-state index contributed by atoms with van der Waals surface area (Å²) in [7, 11) is 0. The van der Waals surface area contributed by atoms with Crippen LogP contribution in [0.2, 0.25) is 0 Å². The summed E-state index contributed by atoms with van der Waals surface area (Å²) >= 11 is 0. The van der Waals surface area contributed by atoms with Crippen LogP contribution in [-0.2, 0) is 14.3 Å². The Labute approximate surface area is 130 Å². The van der Waals surface area contributed by atoms with Crippen molar-refractivity contribution in [1.82, 2.24) is 19.7 Å². The van der Waals surface area contributed by atoms with Crippen LogP contribution in [0.4, 0.5) is 0 Å². The Morgan fingerprint density at radius 2 is 2.32 bits per heavy atom. The molecule has 0 radical (unpaired) electrons. The van der Waals surface area contributed by atoms with Gasteiger partial charge in [-0.05, 0) is 25.7 Å². The molecule has 22 heavy (non-hydrogen) atoms. The highest BCUT2D eigenvalue weighted by molar-refractivity contribution is 5.76. The number of ether oxygens (including phenoxy) is 2. The predicted octanol–water partition coefficient (Wildman–Crippen LogP) is 1.03. The number of aromatic nitrogens is 3. The van der Waals surface area contributed by atoms with Crippen molar-refractivity contribution in [1.29, 1.82) is 0 Å². The molecule has 2 aliphatic rings. The maximum Gasteiger partial charge on any atom is 0.224 e. The quantitative estimate of drug-likeness (QED) is 0.734. The third-order valence-electron chi connectivity index (χ3n) is 4.35. The Kier molecular flexibility index (Phi) is 5.39. The topological polar surface area (TPSA) is 69.5 Å². The molecule has 2 saturated heterocycles. The fourth-order valence-electron chi connectivity index (χ4n) is 3.11. The van der Waals surface area contributed by atoms with Gasteiger partial charge in [-0.25, -0.2) is 9.67 Å². The van der Waals surface area contributed by atoms with Crippen LogP contribution in [0.15, 0.2) is 12.7 Å². The van der Waals surface area contributed by atoms with Crippen LogP contribution in [0.5, 0.6) is 0 Å². The van der Waals surface area contributed by atoms with E-state index in [1.54, 1.807) is 12.7 Å². The summed E-state index contributed by atoms with van der Waals surface area (Å²) in [4.78, 5) is 18.2. The average Bonchev–Trinajstić information content (AvgIpc) is 3.24. The van der Waals surface area contributed by atoms with Crippen LogP contribution in [0.1, 0.15) is 38.1 Å². The minimum Gasteiger partial charge on any atom is -0.378 e.